The summed E-state index contributed by atoms with van der Waals surface area (Å²) in [6.45, 7) is 2.24. The molecule has 0 amide bonds. The molecule has 0 spiro atoms. The number of thiocarbonyl (C=S) groups is 1. The molecule has 2 N–H and O–H groups in total. The smallest absolute Gasteiger partial charge is 0.148 e. The highest BCUT2D eigenvalue weighted by atomic mass is 32.1. The molecular formula is C13H18N2OS. The average molecular weight is 250 g/mol. The molecular weight excluding hydrogens is 232 g/mol. The Morgan fingerprint density at radius 1 is 1.47 bits per heavy atom. The van der Waals surface area contributed by atoms with Crippen molar-refractivity contribution in [2.45, 2.75) is 38.7 Å². The van der Waals surface area contributed by atoms with Gasteiger partial charge in [-0.2, -0.15) is 0 Å². The third-order valence-corrected chi connectivity index (χ3v) is 3.51. The number of aromatic nitrogens is 1. The lowest BCUT2D eigenvalue weighted by Gasteiger charge is -2.29. The van der Waals surface area contributed by atoms with Crippen molar-refractivity contribution in [3.05, 3.63) is 24.0 Å². The van der Waals surface area contributed by atoms with Crippen LogP contribution in [-0.2, 0) is 0 Å². The van der Waals surface area contributed by atoms with Crippen molar-refractivity contribution in [2.75, 3.05) is 0 Å². The van der Waals surface area contributed by atoms with Gasteiger partial charge in [-0.25, -0.2) is 4.98 Å². The maximum Gasteiger partial charge on any atom is 0.148 e. The van der Waals surface area contributed by atoms with Gasteiger partial charge in [-0.3, -0.25) is 0 Å². The van der Waals surface area contributed by atoms with Crippen molar-refractivity contribution in [2.24, 2.45) is 11.7 Å². The average Bonchev–Trinajstić information content (AvgIpc) is 2.32. The lowest BCUT2D eigenvalue weighted by atomic mass is 9.88. The maximum absolute atomic E-state index is 6.03. The first-order valence-corrected chi connectivity index (χ1v) is 6.51. The van der Waals surface area contributed by atoms with E-state index in [1.165, 1.54) is 19.3 Å². The van der Waals surface area contributed by atoms with E-state index in [1.54, 1.807) is 6.20 Å². The van der Waals surface area contributed by atoms with Crippen LogP contribution in [-0.4, -0.2) is 16.1 Å². The van der Waals surface area contributed by atoms with Gasteiger partial charge in [-0.15, -0.1) is 0 Å². The van der Waals surface area contributed by atoms with E-state index in [2.05, 4.69) is 11.9 Å². The molecule has 1 heterocycles. The fourth-order valence-corrected chi connectivity index (χ4v) is 2.44. The van der Waals surface area contributed by atoms with Crippen molar-refractivity contribution in [1.82, 2.24) is 4.98 Å². The van der Waals surface area contributed by atoms with Crippen molar-refractivity contribution in [3.63, 3.8) is 0 Å². The summed E-state index contributed by atoms with van der Waals surface area (Å²) in [7, 11) is 0. The Hall–Kier alpha value is -1.16. The monoisotopic (exact) mass is 250 g/mol. The molecule has 1 aromatic heterocycles. The molecule has 0 aliphatic heterocycles. The van der Waals surface area contributed by atoms with E-state index in [0.717, 1.165) is 12.2 Å². The predicted molar refractivity (Wildman–Crippen MR) is 72.2 cm³/mol. The Morgan fingerprint density at radius 2 is 2.24 bits per heavy atom. The van der Waals surface area contributed by atoms with Crippen LogP contribution in [0.4, 0.5) is 0 Å². The van der Waals surface area contributed by atoms with Crippen LogP contribution < -0.4 is 10.5 Å². The SMILES string of the molecule is CC1CCCCC1Oc1cccnc1C(N)=S. The van der Waals surface area contributed by atoms with Gasteiger partial charge in [-0.05, 0) is 37.3 Å². The van der Waals surface area contributed by atoms with Gasteiger partial charge in [0, 0.05) is 6.20 Å². The first-order chi connectivity index (χ1) is 8.18. The van der Waals surface area contributed by atoms with E-state index in [1.807, 2.05) is 12.1 Å². The summed E-state index contributed by atoms with van der Waals surface area (Å²) in [4.78, 5) is 4.47. The molecule has 1 fully saturated rings. The lowest BCUT2D eigenvalue weighted by molar-refractivity contribution is 0.102. The number of nitrogens with zero attached hydrogens (tertiary/aromatic N) is 1. The molecule has 1 aliphatic carbocycles. The molecule has 3 nitrogen and oxygen atoms in total. The minimum absolute atomic E-state index is 0.265. The quantitative estimate of drug-likeness (QED) is 0.838. The molecule has 2 rings (SSSR count). The molecule has 92 valence electrons. The van der Waals surface area contributed by atoms with Crippen molar-refractivity contribution >= 4 is 17.2 Å². The minimum Gasteiger partial charge on any atom is -0.488 e. The van der Waals surface area contributed by atoms with Gasteiger partial charge in [0.2, 0.25) is 0 Å². The summed E-state index contributed by atoms with van der Waals surface area (Å²) in [5.74, 6) is 1.31. The predicted octanol–water partition coefficient (Wildman–Crippen LogP) is 2.67. The molecule has 1 aliphatic rings. The third-order valence-electron chi connectivity index (χ3n) is 3.32. The second-order valence-corrected chi connectivity index (χ2v) is 5.07. The second-order valence-electron chi connectivity index (χ2n) is 4.63. The van der Waals surface area contributed by atoms with Crippen LogP contribution in [0.2, 0.25) is 0 Å². The Balaban J connectivity index is 2.14. The molecule has 0 aromatic carbocycles. The fourth-order valence-electron chi connectivity index (χ4n) is 2.29. The lowest BCUT2D eigenvalue weighted by Crippen LogP contribution is -2.29. The highest BCUT2D eigenvalue weighted by Gasteiger charge is 2.24. The zero-order valence-electron chi connectivity index (χ0n) is 10.1. The van der Waals surface area contributed by atoms with Crippen molar-refractivity contribution in [3.8, 4) is 5.75 Å². The normalized spacial score (nSPS) is 24.3. The van der Waals surface area contributed by atoms with Crippen LogP contribution in [0.5, 0.6) is 5.75 Å². The van der Waals surface area contributed by atoms with Crippen LogP contribution in [0.15, 0.2) is 18.3 Å². The van der Waals surface area contributed by atoms with Crippen LogP contribution in [0, 0.1) is 5.92 Å². The van der Waals surface area contributed by atoms with Crippen LogP contribution in [0.3, 0.4) is 0 Å². The first-order valence-electron chi connectivity index (χ1n) is 6.10. The largest absolute Gasteiger partial charge is 0.488 e. The van der Waals surface area contributed by atoms with Crippen molar-refractivity contribution < 1.29 is 4.74 Å². The molecule has 17 heavy (non-hydrogen) atoms. The van der Waals surface area contributed by atoms with E-state index in [9.17, 15) is 0 Å². The van der Waals surface area contributed by atoms with E-state index in [-0.39, 0.29) is 6.10 Å². The molecule has 4 heteroatoms. The molecule has 2 unspecified atom stereocenters. The van der Waals surface area contributed by atoms with E-state index in [4.69, 9.17) is 22.7 Å². The highest BCUT2D eigenvalue weighted by molar-refractivity contribution is 7.80. The Morgan fingerprint density at radius 3 is 2.94 bits per heavy atom. The van der Waals surface area contributed by atoms with Gasteiger partial charge in [-0.1, -0.05) is 25.6 Å². The zero-order valence-corrected chi connectivity index (χ0v) is 10.9. The molecule has 0 radical (unpaired) electrons. The van der Waals surface area contributed by atoms with Gasteiger partial charge in [0.25, 0.3) is 0 Å². The molecule has 0 saturated heterocycles. The summed E-state index contributed by atoms with van der Waals surface area (Å²) in [6.07, 6.45) is 6.82. The van der Waals surface area contributed by atoms with Crippen LogP contribution >= 0.6 is 12.2 Å². The topological polar surface area (TPSA) is 48.1 Å². The van der Waals surface area contributed by atoms with Gasteiger partial charge >= 0.3 is 0 Å². The number of hydrogen-bond acceptors (Lipinski definition) is 3. The van der Waals surface area contributed by atoms with Gasteiger partial charge < -0.3 is 10.5 Å². The van der Waals surface area contributed by atoms with Crippen LogP contribution in [0.1, 0.15) is 38.3 Å². The first kappa shape index (κ1) is 12.3. The number of pyridine rings is 1. The summed E-state index contributed by atoms with van der Waals surface area (Å²) in [5, 5.41) is 0. The van der Waals surface area contributed by atoms with Crippen LogP contribution in [0.25, 0.3) is 0 Å². The van der Waals surface area contributed by atoms with E-state index >= 15 is 0 Å². The number of nitrogens with two attached hydrogens (primary N) is 1. The standard InChI is InChI=1S/C13H18N2OS/c1-9-5-2-3-6-10(9)16-11-7-4-8-15-12(11)13(14)17/h4,7-10H,2-3,5-6H2,1H3,(H2,14,17). The number of rotatable bonds is 3. The number of hydrogen-bond donors (Lipinski definition) is 1. The highest BCUT2D eigenvalue weighted by Crippen LogP contribution is 2.28. The van der Waals surface area contributed by atoms with Gasteiger partial charge in [0.05, 0.1) is 0 Å². The fraction of sp³-hybridized carbons (Fsp3) is 0.538. The van der Waals surface area contributed by atoms with E-state index < -0.39 is 0 Å². The Bertz CT molecular complexity index is 408. The van der Waals surface area contributed by atoms with Crippen molar-refractivity contribution in [1.29, 1.82) is 0 Å². The maximum atomic E-state index is 6.03. The summed E-state index contributed by atoms with van der Waals surface area (Å²) in [5.41, 5.74) is 6.24. The minimum atomic E-state index is 0.265. The second kappa shape index (κ2) is 5.45. The van der Waals surface area contributed by atoms with Gasteiger partial charge in [0.15, 0.2) is 0 Å². The van der Waals surface area contributed by atoms with E-state index in [0.29, 0.717) is 16.6 Å². The summed E-state index contributed by atoms with van der Waals surface area (Å²) >= 11 is 4.98. The summed E-state index contributed by atoms with van der Waals surface area (Å²) in [6, 6.07) is 3.74. The molecule has 0 bridgehead atoms. The molecule has 2 atom stereocenters. The molecule has 1 saturated carbocycles. The Kier molecular flexibility index (Phi) is 3.94. The zero-order chi connectivity index (χ0) is 12.3. The Labute approximate surface area is 107 Å². The summed E-state index contributed by atoms with van der Waals surface area (Å²) < 4.78 is 6.03. The van der Waals surface area contributed by atoms with Gasteiger partial charge in [0.1, 0.15) is 22.5 Å². The third kappa shape index (κ3) is 2.94. The number of ether oxygens (including phenoxy) is 1. The molecule has 1 aromatic rings.